The molecule has 8 heteroatoms. The lowest BCUT2D eigenvalue weighted by Crippen LogP contribution is -2.43. The van der Waals surface area contributed by atoms with Crippen LogP contribution in [0, 0.1) is 0 Å². The van der Waals surface area contributed by atoms with Crippen LogP contribution in [0.5, 0.6) is 0 Å². The van der Waals surface area contributed by atoms with Crippen LogP contribution < -0.4 is 21.3 Å². The molecule has 4 N–H and O–H groups in total. The molecule has 0 aliphatic carbocycles. The molecule has 2 rings (SSSR count). The van der Waals surface area contributed by atoms with Crippen molar-refractivity contribution in [2.75, 3.05) is 58.0 Å². The van der Waals surface area contributed by atoms with Gasteiger partial charge in [0.2, 0.25) is 0 Å². The highest BCUT2D eigenvalue weighted by Gasteiger charge is 2.29. The fourth-order valence-corrected chi connectivity index (χ4v) is 3.52. The lowest BCUT2D eigenvalue weighted by Gasteiger charge is -2.28. The first-order valence-electron chi connectivity index (χ1n) is 6.79. The van der Waals surface area contributed by atoms with Crippen LogP contribution in [0.3, 0.4) is 0 Å². The van der Waals surface area contributed by atoms with Gasteiger partial charge < -0.3 is 26.2 Å². The summed E-state index contributed by atoms with van der Waals surface area (Å²) in [6, 6.07) is 0. The van der Waals surface area contributed by atoms with Crippen molar-refractivity contribution in [3.05, 3.63) is 10.4 Å². The Bertz CT molecular complexity index is 549. The molecular formula is C13H21N5O2S. The fraction of sp³-hybridized carbons (Fsp3) is 0.538. The van der Waals surface area contributed by atoms with Crippen molar-refractivity contribution in [3.63, 3.8) is 0 Å². The predicted octanol–water partition coefficient (Wildman–Crippen LogP) is -0.199. The molecule has 1 aliphatic heterocycles. The highest BCUT2D eigenvalue weighted by Crippen LogP contribution is 2.38. The van der Waals surface area contributed by atoms with E-state index < -0.39 is 0 Å². The second kappa shape index (κ2) is 6.31. The van der Waals surface area contributed by atoms with Crippen molar-refractivity contribution in [1.82, 2.24) is 15.5 Å². The van der Waals surface area contributed by atoms with Crippen LogP contribution in [0.4, 0.5) is 10.7 Å². The van der Waals surface area contributed by atoms with Gasteiger partial charge in [-0.2, -0.15) is 0 Å². The van der Waals surface area contributed by atoms with Crippen molar-refractivity contribution in [3.8, 4) is 0 Å². The predicted molar refractivity (Wildman–Crippen MR) is 85.2 cm³/mol. The smallest absolute Gasteiger partial charge is 0.265 e. The summed E-state index contributed by atoms with van der Waals surface area (Å²) in [4.78, 5) is 28.4. The van der Waals surface area contributed by atoms with Gasteiger partial charge >= 0.3 is 0 Å². The number of rotatable bonds is 3. The van der Waals surface area contributed by atoms with Crippen LogP contribution in [-0.4, -0.2) is 64.0 Å². The Morgan fingerprint density at radius 3 is 2.48 bits per heavy atom. The minimum absolute atomic E-state index is 0.177. The van der Waals surface area contributed by atoms with Crippen LogP contribution in [0.25, 0.3) is 0 Å². The maximum atomic E-state index is 12.2. The topological polar surface area (TPSA) is 90.7 Å². The summed E-state index contributed by atoms with van der Waals surface area (Å²) in [5.74, 6) is -0.431. The van der Waals surface area contributed by atoms with Gasteiger partial charge in [0.25, 0.3) is 11.8 Å². The number of hydrogen-bond acceptors (Lipinski definition) is 6. The quantitative estimate of drug-likeness (QED) is 0.719. The molecule has 1 saturated heterocycles. The van der Waals surface area contributed by atoms with Gasteiger partial charge in [-0.05, 0) is 0 Å². The van der Waals surface area contributed by atoms with Crippen LogP contribution in [0.2, 0.25) is 0 Å². The standard InChI is InChI=1S/C13H21N5O2S/c1-15-11(19)8-9(14)10(12(20)17(2)3)21-13(8)18-6-4-16-5-7-18/h16H,4-7,14H2,1-3H3,(H,15,19). The van der Waals surface area contributed by atoms with Crippen LogP contribution in [0.15, 0.2) is 0 Å². The average molecular weight is 311 g/mol. The van der Waals surface area contributed by atoms with E-state index in [4.69, 9.17) is 5.73 Å². The lowest BCUT2D eigenvalue weighted by atomic mass is 10.2. The van der Waals surface area contributed by atoms with E-state index in [2.05, 4.69) is 15.5 Å². The number of carbonyl (C=O) groups excluding carboxylic acids is 2. The van der Waals surface area contributed by atoms with E-state index in [0.717, 1.165) is 31.2 Å². The van der Waals surface area contributed by atoms with Crippen molar-refractivity contribution in [2.24, 2.45) is 0 Å². The molecule has 0 radical (unpaired) electrons. The molecule has 7 nitrogen and oxygen atoms in total. The molecule has 2 heterocycles. The second-order valence-electron chi connectivity index (χ2n) is 5.04. The molecule has 116 valence electrons. The first-order chi connectivity index (χ1) is 9.97. The molecule has 0 bridgehead atoms. The number of amides is 2. The van der Waals surface area contributed by atoms with E-state index in [1.807, 2.05) is 0 Å². The summed E-state index contributed by atoms with van der Waals surface area (Å²) in [5, 5.41) is 6.65. The number of nitrogens with two attached hydrogens (primary N) is 1. The molecule has 1 fully saturated rings. The minimum Gasteiger partial charge on any atom is -0.397 e. The number of carbonyl (C=O) groups is 2. The zero-order chi connectivity index (χ0) is 15.6. The van der Waals surface area contributed by atoms with Gasteiger partial charge in [-0.15, -0.1) is 11.3 Å². The molecule has 21 heavy (non-hydrogen) atoms. The molecule has 0 unspecified atom stereocenters. The molecule has 1 aliphatic rings. The largest absolute Gasteiger partial charge is 0.397 e. The number of anilines is 2. The Hall–Kier alpha value is -1.80. The Morgan fingerprint density at radius 2 is 1.95 bits per heavy atom. The first-order valence-corrected chi connectivity index (χ1v) is 7.60. The summed E-state index contributed by atoms with van der Waals surface area (Å²) in [5.41, 5.74) is 6.77. The van der Waals surface area contributed by atoms with Crippen LogP contribution >= 0.6 is 11.3 Å². The summed E-state index contributed by atoms with van der Waals surface area (Å²) in [6.45, 7) is 3.28. The van der Waals surface area contributed by atoms with Crippen LogP contribution in [0.1, 0.15) is 20.0 Å². The average Bonchev–Trinajstić information content (AvgIpc) is 2.84. The van der Waals surface area contributed by atoms with E-state index in [9.17, 15) is 9.59 Å². The Morgan fingerprint density at radius 1 is 1.33 bits per heavy atom. The van der Waals surface area contributed by atoms with Gasteiger partial charge in [0.15, 0.2) is 0 Å². The Labute approximate surface area is 128 Å². The van der Waals surface area contributed by atoms with Gasteiger partial charge in [0.1, 0.15) is 9.88 Å². The summed E-state index contributed by atoms with van der Waals surface area (Å²) in [6.07, 6.45) is 0. The van der Waals surface area contributed by atoms with Crippen molar-refractivity contribution in [2.45, 2.75) is 0 Å². The van der Waals surface area contributed by atoms with E-state index in [0.29, 0.717) is 10.4 Å². The normalized spacial score (nSPS) is 14.9. The number of piperazine rings is 1. The molecule has 1 aromatic heterocycles. The molecule has 0 saturated carbocycles. The van der Waals surface area contributed by atoms with Crippen molar-refractivity contribution in [1.29, 1.82) is 0 Å². The Kier molecular flexibility index (Phi) is 4.69. The van der Waals surface area contributed by atoms with Gasteiger partial charge in [-0.3, -0.25) is 9.59 Å². The zero-order valence-electron chi connectivity index (χ0n) is 12.5. The summed E-state index contributed by atoms with van der Waals surface area (Å²) < 4.78 is 0. The lowest BCUT2D eigenvalue weighted by molar-refractivity contribution is 0.0833. The maximum Gasteiger partial charge on any atom is 0.265 e. The van der Waals surface area contributed by atoms with Gasteiger partial charge in [-0.25, -0.2) is 0 Å². The van der Waals surface area contributed by atoms with Gasteiger partial charge in [0.05, 0.1) is 11.3 Å². The molecule has 0 spiro atoms. The van der Waals surface area contributed by atoms with E-state index in [1.165, 1.54) is 16.2 Å². The number of hydrogen-bond donors (Lipinski definition) is 3. The molecular weight excluding hydrogens is 290 g/mol. The maximum absolute atomic E-state index is 12.2. The Balaban J connectivity index is 2.49. The number of nitrogens with one attached hydrogen (secondary N) is 2. The van der Waals surface area contributed by atoms with E-state index in [-0.39, 0.29) is 17.5 Å². The number of nitrogens with zero attached hydrogens (tertiary/aromatic N) is 2. The molecule has 1 aromatic rings. The SMILES string of the molecule is CNC(=O)c1c(N2CCNCC2)sc(C(=O)N(C)C)c1N. The third kappa shape index (κ3) is 2.96. The highest BCUT2D eigenvalue weighted by molar-refractivity contribution is 7.19. The number of thiophene rings is 1. The van der Waals surface area contributed by atoms with E-state index in [1.54, 1.807) is 21.1 Å². The molecule has 2 amide bonds. The van der Waals surface area contributed by atoms with Crippen LogP contribution in [-0.2, 0) is 0 Å². The van der Waals surface area contributed by atoms with Gasteiger partial charge in [-0.1, -0.05) is 0 Å². The fourth-order valence-electron chi connectivity index (χ4n) is 2.23. The zero-order valence-corrected chi connectivity index (χ0v) is 13.3. The number of nitrogen functional groups attached to an aromatic ring is 1. The molecule has 0 aromatic carbocycles. The van der Waals surface area contributed by atoms with Gasteiger partial charge in [0, 0.05) is 47.3 Å². The molecule has 0 atom stereocenters. The van der Waals surface area contributed by atoms with Crippen molar-refractivity contribution < 1.29 is 9.59 Å². The summed E-state index contributed by atoms with van der Waals surface area (Å²) >= 11 is 1.29. The summed E-state index contributed by atoms with van der Waals surface area (Å²) in [7, 11) is 4.91. The van der Waals surface area contributed by atoms with Crippen molar-refractivity contribution >= 4 is 33.8 Å². The second-order valence-corrected chi connectivity index (χ2v) is 6.04. The monoisotopic (exact) mass is 311 g/mol. The van der Waals surface area contributed by atoms with E-state index >= 15 is 0 Å². The third-order valence-corrected chi connectivity index (χ3v) is 4.64. The third-order valence-electron chi connectivity index (χ3n) is 3.39. The minimum atomic E-state index is -0.255. The first kappa shape index (κ1) is 15.6. The highest BCUT2D eigenvalue weighted by atomic mass is 32.1.